The molecule has 0 radical (unpaired) electrons. The van der Waals surface area contributed by atoms with Gasteiger partial charge in [0.25, 0.3) is 0 Å². The summed E-state index contributed by atoms with van der Waals surface area (Å²) in [5.41, 5.74) is -1.58. The molecule has 0 saturated carbocycles. The van der Waals surface area contributed by atoms with Crippen molar-refractivity contribution >= 4 is 10.5 Å². The lowest BCUT2D eigenvalue weighted by molar-refractivity contribution is 0.265. The lowest BCUT2D eigenvalue weighted by Gasteiger charge is -2.06. The molecule has 17 heavy (non-hydrogen) atoms. The van der Waals surface area contributed by atoms with E-state index in [0.29, 0.717) is 0 Å². The number of rotatable bonds is 3. The normalized spacial score (nSPS) is 11.9. The summed E-state index contributed by atoms with van der Waals surface area (Å²) in [4.78, 5) is 0. The van der Waals surface area contributed by atoms with Gasteiger partial charge < -0.3 is 0 Å². The van der Waals surface area contributed by atoms with Crippen molar-refractivity contribution < 1.29 is 38.4 Å². The molecule has 0 aliphatic rings. The second kappa shape index (κ2) is 4.53. The Balaban J connectivity index is 3.25. The minimum absolute atomic E-state index is 1.58. The van der Waals surface area contributed by atoms with Crippen LogP contribution in [0.15, 0.2) is 0 Å². The maximum atomic E-state index is 12.9. The minimum atomic E-state index is -5.56. The maximum Gasteiger partial charge on any atom is 0.437 e. The van der Waals surface area contributed by atoms with Crippen LogP contribution in [0, 0.1) is 29.1 Å². The molecule has 0 amide bonds. The minimum Gasteiger partial charge on any atom is -0.240 e. The molecule has 1 aromatic rings. The highest BCUT2D eigenvalue weighted by atomic mass is 32.3. The standard InChI is InChI=1S/C7H2F6O3S/c8-3-2(1-16-17(13,14)15)4(9)6(11)7(12)5(3)10/h1H2. The van der Waals surface area contributed by atoms with Crippen LogP contribution in [0.1, 0.15) is 5.56 Å². The van der Waals surface area contributed by atoms with Crippen molar-refractivity contribution in [3.63, 3.8) is 0 Å². The monoisotopic (exact) mass is 280 g/mol. The topological polar surface area (TPSA) is 43.4 Å². The summed E-state index contributed by atoms with van der Waals surface area (Å²) in [6.07, 6.45) is 0. The van der Waals surface area contributed by atoms with Crippen LogP contribution >= 0.6 is 0 Å². The predicted molar refractivity (Wildman–Crippen MR) is 41.0 cm³/mol. The Morgan fingerprint density at radius 1 is 0.824 bits per heavy atom. The zero-order chi connectivity index (χ0) is 13.4. The maximum absolute atomic E-state index is 12.9. The number of hydrogen-bond donors (Lipinski definition) is 0. The van der Waals surface area contributed by atoms with Crippen LogP contribution < -0.4 is 0 Å². The molecule has 96 valence electrons. The van der Waals surface area contributed by atoms with Gasteiger partial charge in [-0.3, -0.25) is 0 Å². The van der Waals surface area contributed by atoms with E-state index in [4.69, 9.17) is 0 Å². The fraction of sp³-hybridized carbons (Fsp3) is 0.143. The van der Waals surface area contributed by atoms with E-state index < -0.39 is 51.8 Å². The second-order valence-electron chi connectivity index (χ2n) is 2.70. The van der Waals surface area contributed by atoms with E-state index in [0.717, 1.165) is 0 Å². The third kappa shape index (κ3) is 2.88. The van der Waals surface area contributed by atoms with E-state index in [1.165, 1.54) is 0 Å². The van der Waals surface area contributed by atoms with Crippen molar-refractivity contribution in [2.75, 3.05) is 0 Å². The zero-order valence-corrected chi connectivity index (χ0v) is 8.42. The lowest BCUT2D eigenvalue weighted by atomic mass is 10.2. The van der Waals surface area contributed by atoms with E-state index in [-0.39, 0.29) is 0 Å². The van der Waals surface area contributed by atoms with Crippen LogP contribution in [0.4, 0.5) is 25.8 Å². The van der Waals surface area contributed by atoms with Crippen molar-refractivity contribution in [1.82, 2.24) is 0 Å². The average molecular weight is 280 g/mol. The fourth-order valence-electron chi connectivity index (χ4n) is 0.906. The molecular weight excluding hydrogens is 278 g/mol. The van der Waals surface area contributed by atoms with Crippen molar-refractivity contribution in [2.24, 2.45) is 0 Å². The molecule has 1 aromatic carbocycles. The molecule has 0 unspecified atom stereocenters. The van der Waals surface area contributed by atoms with E-state index in [2.05, 4.69) is 4.18 Å². The number of hydrogen-bond acceptors (Lipinski definition) is 3. The molecule has 0 N–H and O–H groups in total. The quantitative estimate of drug-likeness (QED) is 0.368. The van der Waals surface area contributed by atoms with Crippen molar-refractivity contribution in [3.05, 3.63) is 34.6 Å². The van der Waals surface area contributed by atoms with E-state index in [1.54, 1.807) is 0 Å². The molecule has 1 rings (SSSR count). The Kier molecular flexibility index (Phi) is 3.67. The lowest BCUT2D eigenvalue weighted by Crippen LogP contribution is -2.09. The molecule has 0 fully saturated rings. The SMILES string of the molecule is O=S(=O)(F)OCc1c(F)c(F)c(F)c(F)c1F. The highest BCUT2D eigenvalue weighted by Crippen LogP contribution is 2.24. The summed E-state index contributed by atoms with van der Waals surface area (Å²) in [6.45, 7) is -1.65. The molecule has 0 aliphatic carbocycles. The highest BCUT2D eigenvalue weighted by molar-refractivity contribution is 7.81. The molecule has 0 atom stereocenters. The third-order valence-electron chi connectivity index (χ3n) is 1.64. The largest absolute Gasteiger partial charge is 0.437 e. The summed E-state index contributed by atoms with van der Waals surface area (Å²) in [5.74, 6) is -11.5. The molecule has 0 saturated heterocycles. The van der Waals surface area contributed by atoms with Gasteiger partial charge in [0.2, 0.25) is 5.82 Å². The zero-order valence-electron chi connectivity index (χ0n) is 7.61. The summed E-state index contributed by atoms with van der Waals surface area (Å²) in [7, 11) is -5.56. The van der Waals surface area contributed by atoms with Crippen LogP contribution in [0.5, 0.6) is 0 Å². The van der Waals surface area contributed by atoms with Crippen molar-refractivity contribution in [1.29, 1.82) is 0 Å². The van der Waals surface area contributed by atoms with Gasteiger partial charge in [-0.1, -0.05) is 3.89 Å². The molecular formula is C7H2F6O3S. The predicted octanol–water partition coefficient (Wildman–Crippen LogP) is 2.11. The van der Waals surface area contributed by atoms with Gasteiger partial charge in [0.1, 0.15) is 0 Å². The Hall–Kier alpha value is -1.29. The number of halogens is 6. The first-order valence-corrected chi connectivity index (χ1v) is 5.05. The molecule has 3 nitrogen and oxygen atoms in total. The first-order valence-electron chi connectivity index (χ1n) is 3.74. The van der Waals surface area contributed by atoms with Crippen LogP contribution in [-0.2, 0) is 21.3 Å². The Labute approximate surface area is 91.0 Å². The first-order chi connectivity index (χ1) is 7.65. The molecule has 0 aromatic heterocycles. The van der Waals surface area contributed by atoms with Crippen molar-refractivity contribution in [3.8, 4) is 0 Å². The Bertz CT molecular complexity index is 526. The first kappa shape index (κ1) is 13.8. The number of benzene rings is 1. The van der Waals surface area contributed by atoms with Gasteiger partial charge >= 0.3 is 10.5 Å². The Morgan fingerprint density at radius 3 is 1.53 bits per heavy atom. The van der Waals surface area contributed by atoms with Crippen LogP contribution in [0.3, 0.4) is 0 Å². The van der Waals surface area contributed by atoms with E-state index in [9.17, 15) is 34.3 Å². The molecule has 0 bridgehead atoms. The van der Waals surface area contributed by atoms with E-state index >= 15 is 0 Å². The van der Waals surface area contributed by atoms with Gasteiger partial charge in [0.05, 0.1) is 12.2 Å². The summed E-state index contributed by atoms with van der Waals surface area (Å²) < 4.78 is 98.3. The van der Waals surface area contributed by atoms with Gasteiger partial charge in [-0.2, -0.15) is 8.42 Å². The van der Waals surface area contributed by atoms with Crippen molar-refractivity contribution in [2.45, 2.75) is 6.61 Å². The van der Waals surface area contributed by atoms with Gasteiger partial charge in [-0.05, 0) is 0 Å². The van der Waals surface area contributed by atoms with Gasteiger partial charge in [-0.15, -0.1) is 0 Å². The second-order valence-corrected chi connectivity index (χ2v) is 3.73. The Morgan fingerprint density at radius 2 is 1.18 bits per heavy atom. The molecule has 0 aliphatic heterocycles. The smallest absolute Gasteiger partial charge is 0.240 e. The summed E-state index contributed by atoms with van der Waals surface area (Å²) >= 11 is 0. The third-order valence-corrected chi connectivity index (χ3v) is 2.04. The van der Waals surface area contributed by atoms with Gasteiger partial charge in [0.15, 0.2) is 23.3 Å². The highest BCUT2D eigenvalue weighted by Gasteiger charge is 2.26. The molecule has 0 spiro atoms. The summed E-state index contributed by atoms with van der Waals surface area (Å²) in [5, 5.41) is 0. The summed E-state index contributed by atoms with van der Waals surface area (Å²) in [6, 6.07) is 0. The van der Waals surface area contributed by atoms with Gasteiger partial charge in [0, 0.05) is 0 Å². The van der Waals surface area contributed by atoms with Crippen LogP contribution in [-0.4, -0.2) is 8.42 Å². The van der Waals surface area contributed by atoms with Gasteiger partial charge in [-0.25, -0.2) is 26.1 Å². The molecule has 10 heteroatoms. The van der Waals surface area contributed by atoms with Crippen LogP contribution in [0.2, 0.25) is 0 Å². The molecule has 0 heterocycles. The average Bonchev–Trinajstić information content (AvgIpc) is 2.22. The van der Waals surface area contributed by atoms with E-state index in [1.807, 2.05) is 0 Å². The van der Waals surface area contributed by atoms with Crippen LogP contribution in [0.25, 0.3) is 0 Å². The fourth-order valence-corrected chi connectivity index (χ4v) is 1.17.